The molecule has 0 amide bonds. The van der Waals surface area contributed by atoms with Gasteiger partial charge in [-0.15, -0.1) is 0 Å². The van der Waals surface area contributed by atoms with E-state index in [1.54, 1.807) is 0 Å². The van der Waals surface area contributed by atoms with Crippen molar-refractivity contribution in [3.63, 3.8) is 0 Å². The van der Waals surface area contributed by atoms with Gasteiger partial charge in [-0.2, -0.15) is 0 Å². The highest BCUT2D eigenvalue weighted by Crippen LogP contribution is 2.21. The highest BCUT2D eigenvalue weighted by molar-refractivity contribution is 6.32. The fraction of sp³-hybridized carbons (Fsp3) is 0.400. The summed E-state index contributed by atoms with van der Waals surface area (Å²) in [4.78, 5) is 0. The molecule has 0 aliphatic carbocycles. The molecule has 0 unspecified atom stereocenters. The summed E-state index contributed by atoms with van der Waals surface area (Å²) in [6.45, 7) is 4.21. The van der Waals surface area contributed by atoms with Gasteiger partial charge in [0.15, 0.2) is 0 Å². The van der Waals surface area contributed by atoms with Crippen LogP contribution in [0.1, 0.15) is 25.0 Å². The van der Waals surface area contributed by atoms with Crippen molar-refractivity contribution >= 4 is 11.6 Å². The molecule has 0 spiro atoms. The van der Waals surface area contributed by atoms with E-state index in [-0.39, 0.29) is 0 Å². The van der Waals surface area contributed by atoms with Crippen molar-refractivity contribution in [2.75, 3.05) is 0 Å². The Bertz CT molecular complexity index is 218. The van der Waals surface area contributed by atoms with E-state index in [1.807, 2.05) is 12.1 Å². The summed E-state index contributed by atoms with van der Waals surface area (Å²) in [7, 11) is 0. The summed E-state index contributed by atoms with van der Waals surface area (Å²) in [5.74, 6) is 0. The average Bonchev–Trinajstić information content (AvgIpc) is 2.05. The first-order valence-electron chi connectivity index (χ1n) is 3.97. The third-order valence-corrected chi connectivity index (χ3v) is 2.29. The predicted octanol–water partition coefficient (Wildman–Crippen LogP) is 3.26. The van der Waals surface area contributed by atoms with Gasteiger partial charge in [0.1, 0.15) is 0 Å². The molecule has 0 heterocycles. The molecule has 0 aliphatic heterocycles. The van der Waals surface area contributed by atoms with Crippen molar-refractivity contribution in [2.45, 2.75) is 26.7 Å². The van der Waals surface area contributed by atoms with Gasteiger partial charge in [0.05, 0.1) is 0 Å². The van der Waals surface area contributed by atoms with Gasteiger partial charge in [0, 0.05) is 5.02 Å². The Hall–Kier alpha value is -0.490. The van der Waals surface area contributed by atoms with Crippen LogP contribution in [0.2, 0.25) is 5.02 Å². The van der Waals surface area contributed by atoms with E-state index in [2.05, 4.69) is 19.9 Å². The lowest BCUT2D eigenvalue weighted by Crippen LogP contribution is -1.88. The largest absolute Gasteiger partial charge is 0.0837 e. The predicted molar refractivity (Wildman–Crippen MR) is 49.0 cm³/mol. The Morgan fingerprint density at radius 2 is 2.09 bits per heavy atom. The van der Waals surface area contributed by atoms with Crippen LogP contribution < -0.4 is 0 Å². The lowest BCUT2D eigenvalue weighted by molar-refractivity contribution is 1.08. The molecule has 0 fully saturated rings. The molecule has 0 nitrogen and oxygen atoms in total. The Morgan fingerprint density at radius 1 is 1.36 bits per heavy atom. The van der Waals surface area contributed by atoms with Crippen LogP contribution in [0.15, 0.2) is 12.1 Å². The number of halogens is 1. The highest BCUT2D eigenvalue weighted by atomic mass is 35.5. The topological polar surface area (TPSA) is 0 Å². The number of aryl methyl sites for hydroxylation is 2. The van der Waals surface area contributed by atoms with Gasteiger partial charge >= 0.3 is 0 Å². The normalized spacial score (nSPS) is 10.1. The van der Waals surface area contributed by atoms with Crippen LogP contribution in [0.4, 0.5) is 0 Å². The second kappa shape index (κ2) is 3.77. The summed E-state index contributed by atoms with van der Waals surface area (Å²) in [5.41, 5.74) is 2.35. The second-order valence-electron chi connectivity index (χ2n) is 2.50. The molecule has 59 valence electrons. The van der Waals surface area contributed by atoms with Crippen LogP contribution in [-0.4, -0.2) is 0 Å². The van der Waals surface area contributed by atoms with Crippen LogP contribution in [-0.2, 0) is 12.8 Å². The Labute approximate surface area is 73.2 Å². The van der Waals surface area contributed by atoms with Crippen molar-refractivity contribution < 1.29 is 0 Å². The third-order valence-electron chi connectivity index (χ3n) is 1.82. The molecule has 0 N–H and O–H groups in total. The summed E-state index contributed by atoms with van der Waals surface area (Å²) in [6, 6.07) is 7.11. The summed E-state index contributed by atoms with van der Waals surface area (Å²) in [6.07, 6.45) is 1.97. The standard InChI is InChI=1S/C10H12Cl/c1-3-8-6-5-7-9(4-2)10(8)11/h5-6H,3-4H2,1-2H3. The molecule has 1 heteroatoms. The smallest absolute Gasteiger partial charge is 0.0475 e. The summed E-state index contributed by atoms with van der Waals surface area (Å²) in [5, 5.41) is 0.900. The number of rotatable bonds is 2. The van der Waals surface area contributed by atoms with E-state index >= 15 is 0 Å². The molecule has 1 rings (SSSR count). The first-order chi connectivity index (χ1) is 5.29. The molecule has 0 atom stereocenters. The van der Waals surface area contributed by atoms with Gasteiger partial charge in [-0.3, -0.25) is 0 Å². The fourth-order valence-electron chi connectivity index (χ4n) is 1.10. The zero-order valence-electron chi connectivity index (χ0n) is 6.95. The number of hydrogen-bond acceptors (Lipinski definition) is 0. The van der Waals surface area contributed by atoms with Gasteiger partial charge in [0.2, 0.25) is 0 Å². The van der Waals surface area contributed by atoms with Crippen molar-refractivity contribution in [1.82, 2.24) is 0 Å². The van der Waals surface area contributed by atoms with Gasteiger partial charge < -0.3 is 0 Å². The maximum atomic E-state index is 6.08. The molecule has 0 aliphatic rings. The molecule has 11 heavy (non-hydrogen) atoms. The van der Waals surface area contributed by atoms with Crippen molar-refractivity contribution in [1.29, 1.82) is 0 Å². The first kappa shape index (κ1) is 8.61. The maximum absolute atomic E-state index is 6.08. The molecule has 0 bridgehead atoms. The van der Waals surface area contributed by atoms with Crippen LogP contribution in [0.3, 0.4) is 0 Å². The van der Waals surface area contributed by atoms with E-state index in [0.29, 0.717) is 0 Å². The van der Waals surface area contributed by atoms with Crippen LogP contribution in [0.25, 0.3) is 0 Å². The summed E-state index contributed by atoms with van der Waals surface area (Å²) >= 11 is 6.08. The minimum Gasteiger partial charge on any atom is -0.0837 e. The summed E-state index contributed by atoms with van der Waals surface area (Å²) < 4.78 is 0. The van der Waals surface area contributed by atoms with Gasteiger partial charge in [-0.1, -0.05) is 37.6 Å². The highest BCUT2D eigenvalue weighted by Gasteiger charge is 2.01. The average molecular weight is 168 g/mol. The molecule has 0 saturated carbocycles. The van der Waals surface area contributed by atoms with E-state index in [9.17, 15) is 0 Å². The second-order valence-corrected chi connectivity index (χ2v) is 2.88. The zero-order valence-corrected chi connectivity index (χ0v) is 7.70. The van der Waals surface area contributed by atoms with E-state index in [1.165, 1.54) is 5.56 Å². The quantitative estimate of drug-likeness (QED) is 0.635. The maximum Gasteiger partial charge on any atom is 0.0475 e. The van der Waals surface area contributed by atoms with Crippen LogP contribution in [0.5, 0.6) is 0 Å². The Kier molecular flexibility index (Phi) is 2.95. The SMILES string of the molecule is CCc1[c]ccc(CC)c1Cl. The lowest BCUT2D eigenvalue weighted by atomic mass is 10.1. The van der Waals surface area contributed by atoms with Gasteiger partial charge in [-0.25, -0.2) is 0 Å². The molecule has 0 saturated heterocycles. The molecule has 1 aromatic carbocycles. The molecule has 1 radical (unpaired) electrons. The van der Waals surface area contributed by atoms with Crippen molar-refractivity contribution in [3.8, 4) is 0 Å². The molecular weight excluding hydrogens is 156 g/mol. The third kappa shape index (κ3) is 1.75. The minimum absolute atomic E-state index is 0.900. The monoisotopic (exact) mass is 167 g/mol. The van der Waals surface area contributed by atoms with E-state index in [0.717, 1.165) is 23.4 Å². The molecular formula is C10H12Cl. The minimum atomic E-state index is 0.900. The zero-order chi connectivity index (χ0) is 8.27. The van der Waals surface area contributed by atoms with Crippen molar-refractivity contribution in [3.05, 3.63) is 34.3 Å². The van der Waals surface area contributed by atoms with Crippen LogP contribution in [0, 0.1) is 6.07 Å². The van der Waals surface area contributed by atoms with E-state index in [4.69, 9.17) is 11.6 Å². The number of benzene rings is 1. The Balaban J connectivity index is 3.10. The molecule has 0 aromatic heterocycles. The first-order valence-corrected chi connectivity index (χ1v) is 4.35. The van der Waals surface area contributed by atoms with Crippen molar-refractivity contribution in [2.24, 2.45) is 0 Å². The number of hydrogen-bond donors (Lipinski definition) is 0. The molecule has 1 aromatic rings. The van der Waals surface area contributed by atoms with Gasteiger partial charge in [0.25, 0.3) is 0 Å². The fourth-order valence-corrected chi connectivity index (χ4v) is 1.49. The van der Waals surface area contributed by atoms with E-state index < -0.39 is 0 Å². The lowest BCUT2D eigenvalue weighted by Gasteiger charge is -2.04. The van der Waals surface area contributed by atoms with Crippen LogP contribution >= 0.6 is 11.6 Å². The van der Waals surface area contributed by atoms with Gasteiger partial charge in [-0.05, 0) is 30.0 Å². The Morgan fingerprint density at radius 3 is 2.64 bits per heavy atom.